The summed E-state index contributed by atoms with van der Waals surface area (Å²) in [6.07, 6.45) is 2.67. The quantitative estimate of drug-likeness (QED) is 0.553. The number of hydrogen-bond donors (Lipinski definition) is 2. The lowest BCUT2D eigenvalue weighted by molar-refractivity contribution is -0.124. The predicted octanol–water partition coefficient (Wildman–Crippen LogP) is 4.81. The normalized spacial score (nSPS) is 11.1. The van der Waals surface area contributed by atoms with E-state index in [4.69, 9.17) is 4.74 Å². The number of carbonyl (C=O) groups excluding carboxylic acids is 2. The van der Waals surface area contributed by atoms with Crippen molar-refractivity contribution in [3.63, 3.8) is 0 Å². The number of aryl methyl sites for hydroxylation is 3. The van der Waals surface area contributed by atoms with E-state index in [1.165, 1.54) is 5.56 Å². The van der Waals surface area contributed by atoms with Crippen LogP contribution in [-0.4, -0.2) is 25.5 Å². The Bertz CT molecular complexity index is 857. The SMILES string of the molecule is CNC(=O)CCc1ccc(NC(=O)C(C)(C)CCCOc2cc(C)ccc2C)cc1. The Balaban J connectivity index is 1.80. The van der Waals surface area contributed by atoms with Crippen LogP contribution in [-0.2, 0) is 16.0 Å². The zero-order chi connectivity index (χ0) is 22.1. The molecule has 0 aliphatic heterocycles. The molecule has 2 aromatic carbocycles. The first-order chi connectivity index (χ1) is 14.2. The summed E-state index contributed by atoms with van der Waals surface area (Å²) in [5.74, 6) is 0.928. The molecule has 30 heavy (non-hydrogen) atoms. The van der Waals surface area contributed by atoms with Crippen LogP contribution in [0.2, 0.25) is 0 Å². The van der Waals surface area contributed by atoms with Crippen LogP contribution in [0.15, 0.2) is 42.5 Å². The van der Waals surface area contributed by atoms with Gasteiger partial charge in [-0.3, -0.25) is 9.59 Å². The molecular formula is C25H34N2O3. The van der Waals surface area contributed by atoms with Gasteiger partial charge in [-0.05, 0) is 68.0 Å². The van der Waals surface area contributed by atoms with E-state index in [0.29, 0.717) is 19.4 Å². The lowest BCUT2D eigenvalue weighted by Crippen LogP contribution is -2.31. The fraction of sp³-hybridized carbons (Fsp3) is 0.440. The van der Waals surface area contributed by atoms with Gasteiger partial charge in [0.25, 0.3) is 0 Å². The number of amides is 2. The van der Waals surface area contributed by atoms with Gasteiger partial charge in [-0.25, -0.2) is 0 Å². The highest BCUT2D eigenvalue weighted by atomic mass is 16.5. The van der Waals surface area contributed by atoms with Crippen molar-refractivity contribution < 1.29 is 14.3 Å². The smallest absolute Gasteiger partial charge is 0.230 e. The summed E-state index contributed by atoms with van der Waals surface area (Å²) in [4.78, 5) is 24.1. The second kappa shape index (κ2) is 10.8. The number of carbonyl (C=O) groups is 2. The molecule has 0 heterocycles. The number of ether oxygens (including phenoxy) is 1. The Labute approximate surface area is 180 Å². The topological polar surface area (TPSA) is 67.4 Å². The fourth-order valence-electron chi connectivity index (χ4n) is 3.11. The van der Waals surface area contributed by atoms with Crippen molar-refractivity contribution in [1.29, 1.82) is 0 Å². The molecule has 2 N–H and O–H groups in total. The summed E-state index contributed by atoms with van der Waals surface area (Å²) in [5, 5.41) is 5.62. The highest BCUT2D eigenvalue weighted by Crippen LogP contribution is 2.26. The lowest BCUT2D eigenvalue weighted by Gasteiger charge is -2.24. The van der Waals surface area contributed by atoms with Gasteiger partial charge in [0.2, 0.25) is 11.8 Å². The molecule has 2 aromatic rings. The molecule has 2 amide bonds. The van der Waals surface area contributed by atoms with Gasteiger partial charge < -0.3 is 15.4 Å². The Kier molecular flexibility index (Phi) is 8.46. The van der Waals surface area contributed by atoms with Crippen LogP contribution in [0.5, 0.6) is 5.75 Å². The number of benzene rings is 2. The van der Waals surface area contributed by atoms with Crippen molar-refractivity contribution in [2.75, 3.05) is 19.0 Å². The standard InChI is InChI=1S/C25H34N2O3/c1-18-7-8-19(2)22(17-18)30-16-6-15-25(3,4)24(29)27-21-12-9-20(10-13-21)11-14-23(28)26-5/h7-10,12-13,17H,6,11,14-16H2,1-5H3,(H,26,28)(H,27,29). The highest BCUT2D eigenvalue weighted by Gasteiger charge is 2.27. The first-order valence-electron chi connectivity index (χ1n) is 10.5. The Morgan fingerprint density at radius 2 is 1.73 bits per heavy atom. The minimum atomic E-state index is -0.497. The van der Waals surface area contributed by atoms with E-state index in [1.54, 1.807) is 7.05 Å². The van der Waals surface area contributed by atoms with E-state index in [0.717, 1.165) is 35.4 Å². The van der Waals surface area contributed by atoms with Gasteiger partial charge in [-0.2, -0.15) is 0 Å². The molecule has 0 saturated carbocycles. The average Bonchev–Trinajstić information content (AvgIpc) is 2.72. The molecule has 5 nitrogen and oxygen atoms in total. The van der Waals surface area contributed by atoms with Gasteiger partial charge in [0.05, 0.1) is 6.61 Å². The molecule has 0 unspecified atom stereocenters. The summed E-state index contributed by atoms with van der Waals surface area (Å²) >= 11 is 0. The second-order valence-electron chi connectivity index (χ2n) is 8.43. The third-order valence-corrected chi connectivity index (χ3v) is 5.29. The van der Waals surface area contributed by atoms with Crippen molar-refractivity contribution in [1.82, 2.24) is 5.32 Å². The molecule has 0 bridgehead atoms. The van der Waals surface area contributed by atoms with E-state index in [2.05, 4.69) is 22.8 Å². The molecule has 0 atom stereocenters. The minimum absolute atomic E-state index is 0.00709. The Morgan fingerprint density at radius 3 is 2.40 bits per heavy atom. The number of nitrogens with one attached hydrogen (secondary N) is 2. The molecule has 0 spiro atoms. The molecule has 0 aliphatic rings. The summed E-state index contributed by atoms with van der Waals surface area (Å²) in [6.45, 7) is 8.58. The van der Waals surface area contributed by atoms with Crippen LogP contribution in [0, 0.1) is 19.3 Å². The van der Waals surface area contributed by atoms with Crippen LogP contribution in [0.4, 0.5) is 5.69 Å². The van der Waals surface area contributed by atoms with Crippen molar-refractivity contribution in [2.45, 2.75) is 53.4 Å². The van der Waals surface area contributed by atoms with Crippen LogP contribution in [0.1, 0.15) is 49.8 Å². The Hall–Kier alpha value is -2.82. The van der Waals surface area contributed by atoms with E-state index in [1.807, 2.05) is 58.0 Å². The molecule has 0 aliphatic carbocycles. The second-order valence-corrected chi connectivity index (χ2v) is 8.43. The van der Waals surface area contributed by atoms with Crippen molar-refractivity contribution in [3.05, 3.63) is 59.2 Å². The Morgan fingerprint density at radius 1 is 1.03 bits per heavy atom. The number of anilines is 1. The van der Waals surface area contributed by atoms with E-state index >= 15 is 0 Å². The van der Waals surface area contributed by atoms with Crippen LogP contribution >= 0.6 is 0 Å². The van der Waals surface area contributed by atoms with Crippen molar-refractivity contribution in [2.24, 2.45) is 5.41 Å². The number of hydrogen-bond acceptors (Lipinski definition) is 3. The first-order valence-corrected chi connectivity index (χ1v) is 10.5. The van der Waals surface area contributed by atoms with Crippen molar-refractivity contribution >= 4 is 17.5 Å². The average molecular weight is 411 g/mol. The zero-order valence-corrected chi connectivity index (χ0v) is 18.8. The first kappa shape index (κ1) is 23.5. The molecular weight excluding hydrogens is 376 g/mol. The summed E-state index contributed by atoms with van der Waals surface area (Å²) in [7, 11) is 1.64. The maximum atomic E-state index is 12.7. The predicted molar refractivity (Wildman–Crippen MR) is 122 cm³/mol. The largest absolute Gasteiger partial charge is 0.493 e. The van der Waals surface area contributed by atoms with Gasteiger partial charge in [0.15, 0.2) is 0 Å². The van der Waals surface area contributed by atoms with E-state index in [-0.39, 0.29) is 11.8 Å². The van der Waals surface area contributed by atoms with Crippen LogP contribution < -0.4 is 15.4 Å². The minimum Gasteiger partial charge on any atom is -0.493 e. The number of rotatable bonds is 10. The molecule has 162 valence electrons. The third-order valence-electron chi connectivity index (χ3n) is 5.29. The monoisotopic (exact) mass is 410 g/mol. The summed E-state index contributed by atoms with van der Waals surface area (Å²) < 4.78 is 5.91. The lowest BCUT2D eigenvalue weighted by atomic mass is 9.87. The van der Waals surface area contributed by atoms with Gasteiger partial charge in [0.1, 0.15) is 5.75 Å². The molecule has 0 radical (unpaired) electrons. The van der Waals surface area contributed by atoms with E-state index < -0.39 is 5.41 Å². The van der Waals surface area contributed by atoms with Crippen LogP contribution in [0.3, 0.4) is 0 Å². The van der Waals surface area contributed by atoms with Gasteiger partial charge in [-0.1, -0.05) is 38.1 Å². The molecule has 5 heteroatoms. The fourth-order valence-corrected chi connectivity index (χ4v) is 3.11. The molecule has 0 saturated heterocycles. The third kappa shape index (κ3) is 7.21. The summed E-state index contributed by atoms with van der Waals surface area (Å²) in [5.41, 5.74) is 3.64. The maximum absolute atomic E-state index is 12.7. The van der Waals surface area contributed by atoms with Gasteiger partial charge in [0, 0.05) is 24.6 Å². The van der Waals surface area contributed by atoms with Gasteiger partial charge >= 0.3 is 0 Å². The zero-order valence-electron chi connectivity index (χ0n) is 18.8. The molecule has 0 fully saturated rings. The van der Waals surface area contributed by atoms with Gasteiger partial charge in [-0.15, -0.1) is 0 Å². The molecule has 2 rings (SSSR count). The van der Waals surface area contributed by atoms with Crippen molar-refractivity contribution in [3.8, 4) is 5.75 Å². The van der Waals surface area contributed by atoms with Crippen LogP contribution in [0.25, 0.3) is 0 Å². The van der Waals surface area contributed by atoms with E-state index in [9.17, 15) is 9.59 Å². The highest BCUT2D eigenvalue weighted by molar-refractivity contribution is 5.94. The summed E-state index contributed by atoms with van der Waals surface area (Å²) in [6, 6.07) is 13.8. The maximum Gasteiger partial charge on any atom is 0.230 e. The molecule has 0 aromatic heterocycles.